The first-order valence-corrected chi connectivity index (χ1v) is 11.5. The fourth-order valence-electron chi connectivity index (χ4n) is 3.39. The van der Waals surface area contributed by atoms with E-state index in [4.69, 9.17) is 14.6 Å². The van der Waals surface area contributed by atoms with Gasteiger partial charge in [0.15, 0.2) is 0 Å². The molecule has 0 bridgehead atoms. The number of hydrogen-bond donors (Lipinski definition) is 3. The van der Waals surface area contributed by atoms with Crippen molar-refractivity contribution in [1.82, 2.24) is 10.6 Å². The molecule has 1 rings (SSSR count). The Morgan fingerprint density at radius 3 is 2.41 bits per heavy atom. The lowest BCUT2D eigenvalue weighted by Gasteiger charge is -2.29. The molecular weight excluding hydrogens is 436 g/mol. The summed E-state index contributed by atoms with van der Waals surface area (Å²) in [5.74, 6) is -1.79. The Hall–Kier alpha value is -2.97. The lowest BCUT2D eigenvalue weighted by molar-refractivity contribution is -0.153. The normalized spacial score (nSPS) is 14.2. The van der Waals surface area contributed by atoms with Crippen LogP contribution in [-0.4, -0.2) is 55.3 Å². The predicted octanol–water partition coefficient (Wildman–Crippen LogP) is 2.84. The molecule has 0 aliphatic carbocycles. The third-order valence-corrected chi connectivity index (χ3v) is 5.15. The summed E-state index contributed by atoms with van der Waals surface area (Å²) >= 11 is 0. The lowest BCUT2D eigenvalue weighted by atomic mass is 9.97. The van der Waals surface area contributed by atoms with Gasteiger partial charge in [-0.25, -0.2) is 0 Å². The van der Waals surface area contributed by atoms with Gasteiger partial charge in [-0.05, 0) is 31.7 Å². The van der Waals surface area contributed by atoms with Gasteiger partial charge in [-0.3, -0.25) is 14.4 Å². The molecule has 188 valence electrons. The molecule has 0 unspecified atom stereocenters. The number of carbonyl (C=O) groups is 3. The topological polar surface area (TPSA) is 114 Å². The first-order valence-electron chi connectivity index (χ1n) is 11.5. The van der Waals surface area contributed by atoms with Crippen LogP contribution in [-0.2, 0) is 23.9 Å². The summed E-state index contributed by atoms with van der Waals surface area (Å²) < 4.78 is 11.1. The Bertz CT molecular complexity index is 783. The van der Waals surface area contributed by atoms with Crippen LogP contribution in [0, 0.1) is 5.92 Å². The third kappa shape index (κ3) is 10.8. The largest absolute Gasteiger partial charge is 0.455 e. The molecule has 3 N–H and O–H groups in total. The van der Waals surface area contributed by atoms with E-state index in [0.29, 0.717) is 12.8 Å². The van der Waals surface area contributed by atoms with E-state index in [1.807, 2.05) is 30.3 Å². The van der Waals surface area contributed by atoms with Crippen molar-refractivity contribution in [2.45, 2.75) is 57.2 Å². The number of aliphatic hydroxyl groups excluding tert-OH is 1. The number of methoxy groups -OCH3 is 1. The minimum Gasteiger partial charge on any atom is -0.455 e. The molecule has 8 nitrogen and oxygen atoms in total. The second-order valence-corrected chi connectivity index (χ2v) is 8.15. The summed E-state index contributed by atoms with van der Waals surface area (Å²) in [7, 11) is 1.50. The van der Waals surface area contributed by atoms with E-state index < -0.39 is 24.1 Å². The number of ether oxygens (including phenoxy) is 2. The zero-order valence-electron chi connectivity index (χ0n) is 20.2. The van der Waals surface area contributed by atoms with Crippen LogP contribution in [0.1, 0.15) is 50.7 Å². The molecule has 0 aromatic heterocycles. The van der Waals surface area contributed by atoms with Crippen LogP contribution in [0.4, 0.5) is 0 Å². The monoisotopic (exact) mass is 474 g/mol. The van der Waals surface area contributed by atoms with Gasteiger partial charge in [0.05, 0.1) is 25.2 Å². The molecule has 0 spiro atoms. The van der Waals surface area contributed by atoms with E-state index in [0.717, 1.165) is 5.56 Å². The molecule has 0 aliphatic rings. The van der Waals surface area contributed by atoms with E-state index in [9.17, 15) is 14.4 Å². The zero-order chi connectivity index (χ0) is 25.3. The zero-order valence-corrected chi connectivity index (χ0v) is 20.2. The van der Waals surface area contributed by atoms with E-state index in [2.05, 4.69) is 23.8 Å². The van der Waals surface area contributed by atoms with Crippen molar-refractivity contribution in [2.24, 2.45) is 5.92 Å². The summed E-state index contributed by atoms with van der Waals surface area (Å²) in [5.41, 5.74) is 0.719. The van der Waals surface area contributed by atoms with Crippen molar-refractivity contribution in [3.63, 3.8) is 0 Å². The predicted molar refractivity (Wildman–Crippen MR) is 131 cm³/mol. The number of rotatable bonds is 17. The van der Waals surface area contributed by atoms with Gasteiger partial charge in [0.2, 0.25) is 11.8 Å². The van der Waals surface area contributed by atoms with Crippen LogP contribution in [0.3, 0.4) is 0 Å². The van der Waals surface area contributed by atoms with Crippen LogP contribution in [0.5, 0.6) is 0 Å². The van der Waals surface area contributed by atoms with Crippen LogP contribution in [0.25, 0.3) is 0 Å². The molecule has 0 saturated heterocycles. The van der Waals surface area contributed by atoms with E-state index >= 15 is 0 Å². The Labute approximate surface area is 202 Å². The number of aliphatic hydroxyl groups is 1. The molecule has 0 saturated carbocycles. The molecule has 0 aliphatic heterocycles. The molecule has 1 aromatic rings. The van der Waals surface area contributed by atoms with Crippen molar-refractivity contribution >= 4 is 17.8 Å². The van der Waals surface area contributed by atoms with Crippen LogP contribution in [0.2, 0.25) is 0 Å². The summed E-state index contributed by atoms with van der Waals surface area (Å²) in [6, 6.07) is 8.06. The summed E-state index contributed by atoms with van der Waals surface area (Å²) in [6.07, 6.45) is 4.31. The van der Waals surface area contributed by atoms with Gasteiger partial charge in [-0.2, -0.15) is 0 Å². The molecular formula is C26H38N2O6. The Kier molecular flexibility index (Phi) is 14.2. The molecule has 34 heavy (non-hydrogen) atoms. The maximum atomic E-state index is 13.1. The van der Waals surface area contributed by atoms with Crippen molar-refractivity contribution in [2.75, 3.05) is 20.3 Å². The Morgan fingerprint density at radius 1 is 1.12 bits per heavy atom. The van der Waals surface area contributed by atoms with Gasteiger partial charge >= 0.3 is 5.97 Å². The Balaban J connectivity index is 3.05. The van der Waals surface area contributed by atoms with Gasteiger partial charge in [0.25, 0.3) is 0 Å². The SMILES string of the molecule is C=CCCCC(=O)O[C@@H](c1ccccc1)[C@H](COC)NC(=O)[C@@H](CC=C)CC(=O)N[C@@H](C)CO. The molecule has 0 heterocycles. The number of allylic oxidation sites excluding steroid dienone is 2. The number of unbranched alkanes of at least 4 members (excludes halogenated alkanes) is 1. The van der Waals surface area contributed by atoms with Gasteiger partial charge in [-0.15, -0.1) is 13.2 Å². The van der Waals surface area contributed by atoms with E-state index in [1.165, 1.54) is 7.11 Å². The minimum absolute atomic E-state index is 0.0702. The number of nitrogens with one attached hydrogen (secondary N) is 2. The average Bonchev–Trinajstić information content (AvgIpc) is 2.82. The standard InChI is InChI=1S/C26H38N2O6/c1-5-7-9-15-24(31)34-25(20-13-10-8-11-14-20)22(18-33-4)28-26(32)21(12-6-2)16-23(30)27-19(3)17-29/h5-6,8,10-11,13-14,19,21-22,25,29H,1-2,7,9,12,15-18H2,3-4H3,(H,27,30)(H,28,32)/t19-,21-,22-,25-/m0/s1. The van der Waals surface area contributed by atoms with Gasteiger partial charge < -0.3 is 25.2 Å². The number of benzene rings is 1. The van der Waals surface area contributed by atoms with E-state index in [-0.39, 0.29) is 50.3 Å². The van der Waals surface area contributed by atoms with Crippen LogP contribution >= 0.6 is 0 Å². The summed E-state index contributed by atoms with van der Waals surface area (Å²) in [6.45, 7) is 8.92. The summed E-state index contributed by atoms with van der Waals surface area (Å²) in [5, 5.41) is 14.7. The van der Waals surface area contributed by atoms with Crippen molar-refractivity contribution in [3.05, 3.63) is 61.2 Å². The highest BCUT2D eigenvalue weighted by atomic mass is 16.5. The summed E-state index contributed by atoms with van der Waals surface area (Å²) in [4.78, 5) is 38.0. The maximum Gasteiger partial charge on any atom is 0.306 e. The molecule has 0 radical (unpaired) electrons. The highest BCUT2D eigenvalue weighted by molar-refractivity contribution is 5.86. The number of esters is 1. The maximum absolute atomic E-state index is 13.1. The number of hydrogen-bond acceptors (Lipinski definition) is 6. The van der Waals surface area contributed by atoms with Crippen LogP contribution < -0.4 is 10.6 Å². The van der Waals surface area contributed by atoms with Crippen molar-refractivity contribution in [1.29, 1.82) is 0 Å². The molecule has 0 fully saturated rings. The second kappa shape index (κ2) is 16.6. The van der Waals surface area contributed by atoms with Gasteiger partial charge in [-0.1, -0.05) is 42.5 Å². The van der Waals surface area contributed by atoms with Gasteiger partial charge in [0.1, 0.15) is 6.10 Å². The molecule has 1 aromatic carbocycles. The van der Waals surface area contributed by atoms with Crippen molar-refractivity contribution < 1.29 is 29.0 Å². The van der Waals surface area contributed by atoms with E-state index in [1.54, 1.807) is 19.1 Å². The number of carbonyl (C=O) groups excluding carboxylic acids is 3. The lowest BCUT2D eigenvalue weighted by Crippen LogP contribution is -2.47. The fourth-order valence-corrected chi connectivity index (χ4v) is 3.39. The highest BCUT2D eigenvalue weighted by Crippen LogP contribution is 2.24. The fraction of sp³-hybridized carbons (Fsp3) is 0.500. The quantitative estimate of drug-likeness (QED) is 0.182. The molecule has 8 heteroatoms. The van der Waals surface area contributed by atoms with Crippen LogP contribution in [0.15, 0.2) is 55.6 Å². The average molecular weight is 475 g/mol. The first kappa shape index (κ1) is 29.1. The smallest absolute Gasteiger partial charge is 0.306 e. The van der Waals surface area contributed by atoms with Gasteiger partial charge in [0, 0.05) is 26.0 Å². The van der Waals surface area contributed by atoms with Crippen molar-refractivity contribution in [3.8, 4) is 0 Å². The number of amides is 2. The third-order valence-electron chi connectivity index (χ3n) is 5.15. The Morgan fingerprint density at radius 2 is 1.82 bits per heavy atom. The molecule has 2 amide bonds. The highest BCUT2D eigenvalue weighted by Gasteiger charge is 2.31. The first-order chi connectivity index (χ1) is 16.4. The second-order valence-electron chi connectivity index (χ2n) is 8.15. The molecule has 4 atom stereocenters. The minimum atomic E-state index is -0.769.